The Bertz CT molecular complexity index is 427. The fraction of sp³-hybridized carbons (Fsp3) is 0.538. The topological polar surface area (TPSA) is 45.2 Å². The molecule has 1 amide bonds. The van der Waals surface area contributed by atoms with Gasteiger partial charge in [0, 0.05) is 25.3 Å². The standard InChI is InChI=1S/C13H17N3OS/c1-18-16-7-9-6-10(8-16)12(9)15-13(17)11-4-2-3-5-14-11/h2-5,9-10,12H,6-8H2,1H3,(H,15,17). The number of hydrogen-bond donors (Lipinski definition) is 1. The molecule has 1 aromatic heterocycles. The van der Waals surface area contributed by atoms with Gasteiger partial charge >= 0.3 is 0 Å². The zero-order valence-corrected chi connectivity index (χ0v) is 11.2. The van der Waals surface area contributed by atoms with Gasteiger partial charge in [-0.15, -0.1) is 0 Å². The van der Waals surface area contributed by atoms with Crippen LogP contribution in [0.25, 0.3) is 0 Å². The van der Waals surface area contributed by atoms with Crippen LogP contribution < -0.4 is 5.32 Å². The molecule has 1 saturated carbocycles. The molecule has 0 radical (unpaired) electrons. The number of fused-ring (bicyclic) bond motifs is 2. The van der Waals surface area contributed by atoms with Crippen molar-refractivity contribution >= 4 is 17.9 Å². The molecule has 1 N–H and O–H groups in total. The Balaban J connectivity index is 1.61. The van der Waals surface area contributed by atoms with Crippen molar-refractivity contribution in [2.75, 3.05) is 19.3 Å². The van der Waals surface area contributed by atoms with E-state index in [1.54, 1.807) is 24.2 Å². The van der Waals surface area contributed by atoms with Crippen LogP contribution >= 0.6 is 11.9 Å². The van der Waals surface area contributed by atoms with Crippen LogP contribution in [-0.2, 0) is 0 Å². The van der Waals surface area contributed by atoms with Crippen molar-refractivity contribution in [3.05, 3.63) is 30.1 Å². The zero-order chi connectivity index (χ0) is 12.5. The average molecular weight is 263 g/mol. The van der Waals surface area contributed by atoms with Gasteiger partial charge in [0.05, 0.1) is 0 Å². The van der Waals surface area contributed by atoms with Crippen LogP contribution in [0.1, 0.15) is 16.9 Å². The predicted octanol–water partition coefficient (Wildman–Crippen LogP) is 1.41. The Morgan fingerprint density at radius 3 is 2.83 bits per heavy atom. The number of carbonyl (C=O) groups excluding carboxylic acids is 1. The number of nitrogens with zero attached hydrogens (tertiary/aromatic N) is 2. The number of amides is 1. The number of rotatable bonds is 3. The highest BCUT2D eigenvalue weighted by Gasteiger charge is 2.47. The molecule has 0 spiro atoms. The quantitative estimate of drug-likeness (QED) is 0.838. The molecule has 3 fully saturated rings. The largest absolute Gasteiger partial charge is 0.347 e. The molecule has 2 aliphatic heterocycles. The van der Waals surface area contributed by atoms with Crippen LogP contribution in [0, 0.1) is 11.8 Å². The van der Waals surface area contributed by atoms with Gasteiger partial charge in [0.2, 0.25) is 0 Å². The summed E-state index contributed by atoms with van der Waals surface area (Å²) in [6.45, 7) is 2.18. The summed E-state index contributed by atoms with van der Waals surface area (Å²) in [5.74, 6) is 1.20. The fourth-order valence-corrected chi connectivity index (χ4v) is 3.63. The lowest BCUT2D eigenvalue weighted by molar-refractivity contribution is 0.0263. The molecule has 96 valence electrons. The van der Waals surface area contributed by atoms with E-state index in [4.69, 9.17) is 0 Å². The summed E-state index contributed by atoms with van der Waals surface area (Å²) < 4.78 is 2.39. The van der Waals surface area contributed by atoms with E-state index in [1.807, 2.05) is 12.1 Å². The van der Waals surface area contributed by atoms with E-state index in [-0.39, 0.29) is 5.91 Å². The minimum atomic E-state index is -0.0344. The van der Waals surface area contributed by atoms with Crippen molar-refractivity contribution in [2.24, 2.45) is 11.8 Å². The molecular formula is C13H17N3OS. The first kappa shape index (κ1) is 12.0. The third kappa shape index (κ3) is 2.12. The lowest BCUT2D eigenvalue weighted by Gasteiger charge is -2.53. The van der Waals surface area contributed by atoms with Crippen LogP contribution in [0.5, 0.6) is 0 Å². The van der Waals surface area contributed by atoms with Gasteiger partial charge < -0.3 is 5.32 Å². The monoisotopic (exact) mass is 263 g/mol. The summed E-state index contributed by atoms with van der Waals surface area (Å²) in [6, 6.07) is 5.78. The molecule has 4 rings (SSSR count). The van der Waals surface area contributed by atoms with E-state index in [0.717, 1.165) is 13.1 Å². The van der Waals surface area contributed by atoms with Crippen molar-refractivity contribution in [1.82, 2.24) is 14.6 Å². The van der Waals surface area contributed by atoms with Crippen molar-refractivity contribution in [3.63, 3.8) is 0 Å². The van der Waals surface area contributed by atoms with Crippen molar-refractivity contribution in [1.29, 1.82) is 0 Å². The summed E-state index contributed by atoms with van der Waals surface area (Å²) in [6.07, 6.45) is 5.03. The summed E-state index contributed by atoms with van der Waals surface area (Å²) in [7, 11) is 0. The Morgan fingerprint density at radius 1 is 1.44 bits per heavy atom. The Kier molecular flexibility index (Phi) is 3.26. The van der Waals surface area contributed by atoms with Crippen molar-refractivity contribution in [3.8, 4) is 0 Å². The molecule has 2 unspecified atom stereocenters. The number of nitrogens with one attached hydrogen (secondary N) is 1. The molecule has 2 bridgehead atoms. The summed E-state index contributed by atoms with van der Waals surface area (Å²) in [4.78, 5) is 16.1. The maximum Gasteiger partial charge on any atom is 0.270 e. The van der Waals surface area contributed by atoms with E-state index in [9.17, 15) is 4.79 Å². The number of pyridine rings is 1. The smallest absolute Gasteiger partial charge is 0.270 e. The Morgan fingerprint density at radius 2 is 2.22 bits per heavy atom. The SMILES string of the molecule is CSN1CC2CC(C1)C2NC(=O)c1ccccn1. The van der Waals surface area contributed by atoms with Crippen LogP contribution in [0.15, 0.2) is 24.4 Å². The van der Waals surface area contributed by atoms with Gasteiger partial charge in [-0.05, 0) is 36.6 Å². The molecular weight excluding hydrogens is 246 g/mol. The highest BCUT2D eigenvalue weighted by Crippen LogP contribution is 2.41. The number of aromatic nitrogens is 1. The normalized spacial score (nSPS) is 30.6. The minimum absolute atomic E-state index is 0.0344. The average Bonchev–Trinajstić information content (AvgIpc) is 2.45. The first-order valence-corrected chi connectivity index (χ1v) is 7.47. The van der Waals surface area contributed by atoms with Gasteiger partial charge in [-0.2, -0.15) is 0 Å². The van der Waals surface area contributed by atoms with Crippen LogP contribution in [0.4, 0.5) is 0 Å². The fourth-order valence-electron chi connectivity index (χ4n) is 2.95. The lowest BCUT2D eigenvalue weighted by Crippen LogP contribution is -2.63. The molecule has 3 heterocycles. The second-order valence-corrected chi connectivity index (χ2v) is 5.88. The molecule has 4 nitrogen and oxygen atoms in total. The van der Waals surface area contributed by atoms with E-state index >= 15 is 0 Å². The number of piperidine rings is 2. The molecule has 2 saturated heterocycles. The molecule has 3 aliphatic rings. The van der Waals surface area contributed by atoms with Crippen molar-refractivity contribution < 1.29 is 4.79 Å². The molecule has 1 aliphatic carbocycles. The van der Waals surface area contributed by atoms with Crippen LogP contribution in [-0.4, -0.2) is 40.6 Å². The minimum Gasteiger partial charge on any atom is -0.347 e. The molecule has 2 atom stereocenters. The maximum absolute atomic E-state index is 12.0. The highest BCUT2D eigenvalue weighted by molar-refractivity contribution is 7.96. The van der Waals surface area contributed by atoms with Crippen LogP contribution in [0.3, 0.4) is 0 Å². The van der Waals surface area contributed by atoms with Gasteiger partial charge in [-0.25, -0.2) is 0 Å². The predicted molar refractivity (Wildman–Crippen MR) is 72.2 cm³/mol. The summed E-state index contributed by atoms with van der Waals surface area (Å²) >= 11 is 1.81. The third-order valence-corrected chi connectivity index (χ3v) is 4.77. The molecule has 5 heteroatoms. The lowest BCUT2D eigenvalue weighted by atomic mass is 9.67. The van der Waals surface area contributed by atoms with Gasteiger partial charge in [-0.3, -0.25) is 14.1 Å². The second-order valence-electron chi connectivity index (χ2n) is 5.00. The maximum atomic E-state index is 12.0. The Hall–Kier alpha value is -1.07. The van der Waals surface area contributed by atoms with E-state index in [2.05, 4.69) is 20.9 Å². The summed E-state index contributed by atoms with van der Waals surface area (Å²) in [5.41, 5.74) is 0.518. The summed E-state index contributed by atoms with van der Waals surface area (Å²) in [5, 5.41) is 3.14. The Labute approximate surface area is 111 Å². The van der Waals surface area contributed by atoms with E-state index in [0.29, 0.717) is 23.6 Å². The third-order valence-electron chi connectivity index (χ3n) is 3.95. The van der Waals surface area contributed by atoms with E-state index in [1.165, 1.54) is 6.42 Å². The van der Waals surface area contributed by atoms with Gasteiger partial charge in [0.15, 0.2) is 0 Å². The molecule has 1 aromatic rings. The molecule has 0 aromatic carbocycles. The highest BCUT2D eigenvalue weighted by atomic mass is 32.2. The molecule has 18 heavy (non-hydrogen) atoms. The first-order valence-electron chi connectivity index (χ1n) is 6.29. The number of carbonyl (C=O) groups is 1. The van der Waals surface area contributed by atoms with Gasteiger partial charge in [-0.1, -0.05) is 18.0 Å². The van der Waals surface area contributed by atoms with E-state index < -0.39 is 0 Å². The number of hydrogen-bond acceptors (Lipinski definition) is 4. The van der Waals surface area contributed by atoms with Crippen molar-refractivity contribution in [2.45, 2.75) is 12.5 Å². The first-order chi connectivity index (χ1) is 8.78. The van der Waals surface area contributed by atoms with Gasteiger partial charge in [0.1, 0.15) is 5.69 Å². The zero-order valence-electron chi connectivity index (χ0n) is 10.4. The van der Waals surface area contributed by atoms with Gasteiger partial charge in [0.25, 0.3) is 5.91 Å². The second kappa shape index (κ2) is 4.90. The van der Waals surface area contributed by atoms with Crippen LogP contribution in [0.2, 0.25) is 0 Å².